The van der Waals surface area contributed by atoms with Crippen molar-refractivity contribution in [1.82, 2.24) is 0 Å². The summed E-state index contributed by atoms with van der Waals surface area (Å²) in [6.07, 6.45) is 3.64. The Hall–Kier alpha value is -0.990. The molecular formula is C9H8ClNO. The Kier molecular flexibility index (Phi) is 1.79. The predicted octanol–water partition coefficient (Wildman–Crippen LogP) is 2.47. The molecule has 0 amide bonds. The van der Waals surface area contributed by atoms with E-state index < -0.39 is 5.50 Å². The number of hydrogen-bond acceptors (Lipinski definition) is 2. The van der Waals surface area contributed by atoms with Gasteiger partial charge < -0.3 is 0 Å². The van der Waals surface area contributed by atoms with Gasteiger partial charge in [0.1, 0.15) is 5.50 Å². The first-order chi connectivity index (χ1) is 5.79. The molecule has 12 heavy (non-hydrogen) atoms. The summed E-state index contributed by atoms with van der Waals surface area (Å²) in [7, 11) is 0. The lowest BCUT2D eigenvalue weighted by Gasteiger charge is -2.25. The highest BCUT2D eigenvalue weighted by Gasteiger charge is 2.17. The molecule has 1 aliphatic rings. The van der Waals surface area contributed by atoms with Gasteiger partial charge in [0.25, 0.3) is 0 Å². The Morgan fingerprint density at radius 2 is 2.08 bits per heavy atom. The lowest BCUT2D eigenvalue weighted by Crippen LogP contribution is -2.28. The Morgan fingerprint density at radius 1 is 1.33 bits per heavy atom. The molecule has 0 radical (unpaired) electrons. The van der Waals surface area contributed by atoms with Gasteiger partial charge >= 0.3 is 0 Å². The summed E-state index contributed by atoms with van der Waals surface area (Å²) < 4.78 is 0. The number of benzene rings is 1. The molecule has 0 aromatic heterocycles. The molecule has 1 aliphatic heterocycles. The number of fused-ring (bicyclic) bond motifs is 1. The smallest absolute Gasteiger partial charge is 0.148 e. The van der Waals surface area contributed by atoms with Gasteiger partial charge in [0, 0.05) is 5.56 Å². The monoisotopic (exact) mass is 181 g/mol. The maximum absolute atomic E-state index is 9.48. The largest absolute Gasteiger partial charge is 0.287 e. The quantitative estimate of drug-likeness (QED) is 0.491. The lowest BCUT2D eigenvalue weighted by molar-refractivity contribution is 0.255. The third kappa shape index (κ3) is 1.09. The standard InChI is InChI=1S/C9H8ClNO/c10-9-6-5-7-3-1-2-4-8(7)11(9)12/h1-6,9,12H. The zero-order valence-corrected chi connectivity index (χ0v) is 7.07. The molecule has 1 unspecified atom stereocenters. The molecular weight excluding hydrogens is 174 g/mol. The highest BCUT2D eigenvalue weighted by atomic mass is 35.5. The normalized spacial score (nSPS) is 20.8. The van der Waals surface area contributed by atoms with Crippen molar-refractivity contribution in [2.75, 3.05) is 5.06 Å². The molecule has 0 fully saturated rings. The van der Waals surface area contributed by atoms with Crippen LogP contribution in [0.2, 0.25) is 0 Å². The molecule has 1 heterocycles. The molecule has 1 N–H and O–H groups in total. The van der Waals surface area contributed by atoms with Crippen molar-refractivity contribution < 1.29 is 5.21 Å². The van der Waals surface area contributed by atoms with E-state index in [0.29, 0.717) is 0 Å². The average Bonchev–Trinajstić information content (AvgIpc) is 2.12. The number of hydrogen-bond donors (Lipinski definition) is 1. The molecule has 1 aromatic rings. The second-order valence-corrected chi connectivity index (χ2v) is 3.08. The summed E-state index contributed by atoms with van der Waals surface area (Å²) in [5.41, 5.74) is 1.27. The van der Waals surface area contributed by atoms with E-state index >= 15 is 0 Å². The van der Waals surface area contributed by atoms with E-state index in [2.05, 4.69) is 0 Å². The third-order valence-electron chi connectivity index (χ3n) is 1.85. The van der Waals surface area contributed by atoms with Gasteiger partial charge in [-0.3, -0.25) is 5.21 Å². The molecule has 1 aromatic carbocycles. The maximum atomic E-state index is 9.48. The van der Waals surface area contributed by atoms with Crippen LogP contribution < -0.4 is 5.06 Å². The summed E-state index contributed by atoms with van der Waals surface area (Å²) >= 11 is 5.78. The van der Waals surface area contributed by atoms with E-state index in [1.165, 1.54) is 0 Å². The van der Waals surface area contributed by atoms with E-state index in [-0.39, 0.29) is 0 Å². The topological polar surface area (TPSA) is 23.5 Å². The molecule has 1 atom stereocenters. The van der Waals surface area contributed by atoms with Gasteiger partial charge in [-0.05, 0) is 12.1 Å². The van der Waals surface area contributed by atoms with Crippen LogP contribution in [0.3, 0.4) is 0 Å². The molecule has 0 saturated carbocycles. The van der Waals surface area contributed by atoms with Gasteiger partial charge in [-0.1, -0.05) is 35.9 Å². The highest BCUT2D eigenvalue weighted by molar-refractivity contribution is 6.23. The Morgan fingerprint density at radius 3 is 2.92 bits per heavy atom. The number of nitrogens with zero attached hydrogens (tertiary/aromatic N) is 1. The van der Waals surface area contributed by atoms with Crippen LogP contribution in [0, 0.1) is 0 Å². The first-order valence-electron chi connectivity index (χ1n) is 3.68. The van der Waals surface area contributed by atoms with Gasteiger partial charge in [0.2, 0.25) is 0 Å². The predicted molar refractivity (Wildman–Crippen MR) is 49.4 cm³/mol. The lowest BCUT2D eigenvalue weighted by atomic mass is 10.1. The third-order valence-corrected chi connectivity index (χ3v) is 2.18. The SMILES string of the molecule is ON1c2ccccc2C=CC1Cl. The summed E-state index contributed by atoms with van der Waals surface area (Å²) in [5.74, 6) is 0. The van der Waals surface area contributed by atoms with Crippen LogP contribution in [-0.2, 0) is 0 Å². The molecule has 0 bridgehead atoms. The Bertz CT molecular complexity index is 324. The van der Waals surface area contributed by atoms with E-state index in [1.807, 2.05) is 30.3 Å². The van der Waals surface area contributed by atoms with E-state index in [9.17, 15) is 5.21 Å². The summed E-state index contributed by atoms with van der Waals surface area (Å²) in [6.45, 7) is 0. The average molecular weight is 182 g/mol. The number of halogens is 1. The molecule has 2 rings (SSSR count). The van der Waals surface area contributed by atoms with E-state index in [1.54, 1.807) is 6.08 Å². The molecule has 0 aliphatic carbocycles. The van der Waals surface area contributed by atoms with Crippen molar-refractivity contribution in [1.29, 1.82) is 0 Å². The molecule has 0 saturated heterocycles. The Balaban J connectivity index is 2.52. The fourth-order valence-electron chi connectivity index (χ4n) is 1.23. The summed E-state index contributed by atoms with van der Waals surface area (Å²) in [5, 5.41) is 10.5. The molecule has 62 valence electrons. The zero-order valence-electron chi connectivity index (χ0n) is 6.31. The second-order valence-electron chi connectivity index (χ2n) is 2.64. The van der Waals surface area contributed by atoms with Gasteiger partial charge in [-0.15, -0.1) is 0 Å². The summed E-state index contributed by atoms with van der Waals surface area (Å²) in [4.78, 5) is 0. The fraction of sp³-hybridized carbons (Fsp3) is 0.111. The van der Waals surface area contributed by atoms with Gasteiger partial charge in [-0.2, -0.15) is 0 Å². The van der Waals surface area contributed by atoms with Crippen LogP contribution in [0.15, 0.2) is 30.3 Å². The molecule has 3 heteroatoms. The van der Waals surface area contributed by atoms with Crippen molar-refractivity contribution in [3.05, 3.63) is 35.9 Å². The maximum Gasteiger partial charge on any atom is 0.148 e. The molecule has 0 spiro atoms. The van der Waals surface area contributed by atoms with Crippen LogP contribution in [0.25, 0.3) is 6.08 Å². The highest BCUT2D eigenvalue weighted by Crippen LogP contribution is 2.28. The minimum atomic E-state index is -0.458. The van der Waals surface area contributed by atoms with E-state index in [4.69, 9.17) is 11.6 Å². The van der Waals surface area contributed by atoms with Crippen molar-refractivity contribution in [3.8, 4) is 0 Å². The van der Waals surface area contributed by atoms with Crippen molar-refractivity contribution in [2.45, 2.75) is 5.50 Å². The molecule has 2 nitrogen and oxygen atoms in total. The number of para-hydroxylation sites is 1. The van der Waals surface area contributed by atoms with Gasteiger partial charge in [-0.25, -0.2) is 5.06 Å². The second kappa shape index (κ2) is 2.81. The van der Waals surface area contributed by atoms with E-state index in [0.717, 1.165) is 16.3 Å². The van der Waals surface area contributed by atoms with Crippen molar-refractivity contribution in [3.63, 3.8) is 0 Å². The summed E-state index contributed by atoms with van der Waals surface area (Å²) in [6, 6.07) is 7.54. The number of rotatable bonds is 0. The minimum absolute atomic E-state index is 0.458. The van der Waals surface area contributed by atoms with Crippen LogP contribution in [0.5, 0.6) is 0 Å². The first-order valence-corrected chi connectivity index (χ1v) is 4.12. The van der Waals surface area contributed by atoms with Gasteiger partial charge in [0.15, 0.2) is 0 Å². The first kappa shape index (κ1) is 7.65. The van der Waals surface area contributed by atoms with Crippen LogP contribution in [0.4, 0.5) is 5.69 Å². The van der Waals surface area contributed by atoms with Crippen LogP contribution in [0.1, 0.15) is 5.56 Å². The Labute approximate surface area is 75.6 Å². The number of anilines is 1. The number of alkyl halides is 1. The fourth-order valence-corrected chi connectivity index (χ4v) is 1.41. The number of hydroxylamine groups is 1. The van der Waals surface area contributed by atoms with Gasteiger partial charge in [0.05, 0.1) is 5.69 Å². The van der Waals surface area contributed by atoms with Crippen molar-refractivity contribution in [2.24, 2.45) is 0 Å². The van der Waals surface area contributed by atoms with Crippen LogP contribution in [-0.4, -0.2) is 10.7 Å². The van der Waals surface area contributed by atoms with Crippen molar-refractivity contribution >= 4 is 23.4 Å². The van der Waals surface area contributed by atoms with Crippen LogP contribution >= 0.6 is 11.6 Å². The zero-order chi connectivity index (χ0) is 8.55. The minimum Gasteiger partial charge on any atom is -0.287 e.